The van der Waals surface area contributed by atoms with Gasteiger partial charge >= 0.3 is 6.16 Å². The fourth-order valence-corrected chi connectivity index (χ4v) is 11.2. The highest BCUT2D eigenvalue weighted by Gasteiger charge is 2.87. The van der Waals surface area contributed by atoms with Crippen LogP contribution in [0.2, 0.25) is 0 Å². The zero-order valence-electron chi connectivity index (χ0n) is 30.9. The second kappa shape index (κ2) is 12.6. The van der Waals surface area contributed by atoms with Crippen LogP contribution < -0.4 is 9.47 Å². The third kappa shape index (κ3) is 5.12. The number of nitrogens with zero attached hydrogens (tertiary/aromatic N) is 1. The van der Waals surface area contributed by atoms with Crippen LogP contribution >= 0.6 is 0 Å². The van der Waals surface area contributed by atoms with Crippen LogP contribution in [-0.2, 0) is 35.5 Å². The molecule has 49 heavy (non-hydrogen) atoms. The number of likely N-dealkylation sites (tertiary alicyclic amines) is 1. The van der Waals surface area contributed by atoms with Crippen molar-refractivity contribution in [3.8, 4) is 11.5 Å². The van der Waals surface area contributed by atoms with Gasteiger partial charge in [0, 0.05) is 43.2 Å². The summed E-state index contributed by atoms with van der Waals surface area (Å²) >= 11 is 0. The van der Waals surface area contributed by atoms with E-state index in [1.807, 2.05) is 27.0 Å². The molecular weight excluding hydrogens is 626 g/mol. The van der Waals surface area contributed by atoms with Crippen LogP contribution in [0.25, 0.3) is 0 Å². The van der Waals surface area contributed by atoms with E-state index in [-0.39, 0.29) is 35.4 Å². The van der Waals surface area contributed by atoms with Crippen LogP contribution in [0.15, 0.2) is 12.1 Å². The smallest absolute Gasteiger partial charge is 0.479 e. The molecular formula is C39H59NO9. The SMILES string of the molecule is CCOCCOCCOCCOC(=O)Oc1ccc2c3c1OC1(C)C4(OC)CCC5(CC4C(C)(O)C(C)(C)C)C(C2)N(CC2CC2)CCC351. The van der Waals surface area contributed by atoms with Crippen molar-refractivity contribution in [3.05, 3.63) is 23.3 Å². The first-order chi connectivity index (χ1) is 23.3. The van der Waals surface area contributed by atoms with Crippen molar-refractivity contribution in [1.82, 2.24) is 4.90 Å². The van der Waals surface area contributed by atoms with E-state index in [9.17, 15) is 9.90 Å². The molecule has 0 amide bonds. The molecule has 7 atom stereocenters. The van der Waals surface area contributed by atoms with E-state index < -0.39 is 23.0 Å². The number of fused-ring (bicyclic) bond motifs is 2. The number of carbonyl (C=O) groups excluding carboxylic acids is 1. The Kier molecular flexibility index (Phi) is 9.13. The number of hydrogen-bond donors (Lipinski definition) is 1. The third-order valence-electron chi connectivity index (χ3n) is 14.1. The molecule has 7 aliphatic rings. The van der Waals surface area contributed by atoms with Gasteiger partial charge in [-0.1, -0.05) is 26.8 Å². The number of piperidine rings is 1. The van der Waals surface area contributed by atoms with Gasteiger partial charge in [0.2, 0.25) is 0 Å². The lowest BCUT2D eigenvalue weighted by molar-refractivity contribution is -0.345. The van der Waals surface area contributed by atoms with Crippen LogP contribution in [0.5, 0.6) is 11.5 Å². The highest BCUT2D eigenvalue weighted by Crippen LogP contribution is 2.81. The maximum Gasteiger partial charge on any atom is 0.514 e. The molecule has 1 aromatic carbocycles. The number of rotatable bonds is 15. The Bertz CT molecular complexity index is 1410. The Balaban J connectivity index is 1.17. The van der Waals surface area contributed by atoms with Gasteiger partial charge in [0.25, 0.3) is 0 Å². The van der Waals surface area contributed by atoms with E-state index >= 15 is 0 Å². The van der Waals surface area contributed by atoms with E-state index in [1.54, 1.807) is 0 Å². The molecule has 1 saturated heterocycles. The lowest BCUT2D eigenvalue weighted by Crippen LogP contribution is -2.87. The molecule has 274 valence electrons. The molecule has 1 aromatic rings. The minimum absolute atomic E-state index is 0.0680. The molecule has 10 heteroatoms. The highest BCUT2D eigenvalue weighted by atomic mass is 16.7. The molecule has 2 spiro atoms. The average Bonchev–Trinajstić information content (AvgIpc) is 3.82. The fraction of sp³-hybridized carbons (Fsp3) is 0.821. The van der Waals surface area contributed by atoms with Crippen LogP contribution in [-0.4, -0.2) is 105 Å². The van der Waals surface area contributed by atoms with Gasteiger partial charge < -0.3 is 38.3 Å². The molecule has 4 saturated carbocycles. The standard InChI is InChI=1S/C39H59NO9/c1-8-44-17-18-45-19-20-46-21-22-47-33(41)48-28-12-11-27-23-30-37-13-14-39(43-7,29(24-37)35(5,42)34(2,3)4)36(6)38(37,31(27)32(28)49-36)15-16-40(30)25-26-9-10-26/h11-12,26,29-30,42H,8-10,13-25H2,1-7H3. The number of hydrogen-bond acceptors (Lipinski definition) is 10. The van der Waals surface area contributed by atoms with Crippen LogP contribution in [0.3, 0.4) is 0 Å². The number of benzene rings is 1. The lowest BCUT2D eigenvalue weighted by Gasteiger charge is -2.78. The maximum absolute atomic E-state index is 13.1. The van der Waals surface area contributed by atoms with Crippen molar-refractivity contribution in [2.24, 2.45) is 22.7 Å². The second-order valence-electron chi connectivity index (χ2n) is 16.9. The Morgan fingerprint density at radius 1 is 1.00 bits per heavy atom. The molecule has 2 heterocycles. The van der Waals surface area contributed by atoms with Gasteiger partial charge in [0.15, 0.2) is 11.5 Å². The topological polar surface area (TPSA) is 105 Å². The number of methoxy groups -OCH3 is 1. The largest absolute Gasteiger partial charge is 0.514 e. The van der Waals surface area contributed by atoms with E-state index in [0.717, 1.165) is 51.1 Å². The van der Waals surface area contributed by atoms with E-state index in [4.69, 9.17) is 33.2 Å². The summed E-state index contributed by atoms with van der Waals surface area (Å²) in [4.78, 5) is 15.9. The average molecular weight is 686 g/mol. The summed E-state index contributed by atoms with van der Waals surface area (Å²) in [6, 6.07) is 4.38. The molecule has 5 fully saturated rings. The van der Waals surface area contributed by atoms with Gasteiger partial charge in [-0.25, -0.2) is 4.79 Å². The molecule has 0 aromatic heterocycles. The summed E-state index contributed by atoms with van der Waals surface area (Å²) in [5.41, 5.74) is -0.900. The Hall–Kier alpha value is -1.95. The van der Waals surface area contributed by atoms with Gasteiger partial charge in [-0.3, -0.25) is 4.90 Å². The first-order valence-electron chi connectivity index (χ1n) is 18.8. The molecule has 7 unspecified atom stereocenters. The Morgan fingerprint density at radius 3 is 2.35 bits per heavy atom. The summed E-state index contributed by atoms with van der Waals surface area (Å²) in [7, 11) is 1.81. The zero-order valence-corrected chi connectivity index (χ0v) is 30.9. The molecule has 0 radical (unpaired) electrons. The number of carbonyl (C=O) groups is 1. The molecule has 10 nitrogen and oxygen atoms in total. The quantitative estimate of drug-likeness (QED) is 0.141. The van der Waals surface area contributed by atoms with Crippen molar-refractivity contribution in [2.75, 3.05) is 66.4 Å². The summed E-state index contributed by atoms with van der Waals surface area (Å²) in [6.45, 7) is 17.7. The summed E-state index contributed by atoms with van der Waals surface area (Å²) in [5, 5.41) is 12.6. The van der Waals surface area contributed by atoms with Gasteiger partial charge in [-0.05, 0) is 95.2 Å². The third-order valence-corrected chi connectivity index (χ3v) is 14.1. The van der Waals surface area contributed by atoms with Crippen LogP contribution in [0.4, 0.5) is 4.79 Å². The summed E-state index contributed by atoms with van der Waals surface area (Å²) in [5.74, 6) is 1.67. The fourth-order valence-electron chi connectivity index (χ4n) is 11.2. The normalized spacial score (nSPS) is 35.4. The maximum atomic E-state index is 13.1. The van der Waals surface area contributed by atoms with Crippen molar-refractivity contribution in [2.45, 2.75) is 115 Å². The van der Waals surface area contributed by atoms with Crippen molar-refractivity contribution in [3.63, 3.8) is 0 Å². The van der Waals surface area contributed by atoms with Gasteiger partial charge in [0.1, 0.15) is 17.8 Å². The van der Waals surface area contributed by atoms with Gasteiger partial charge in [-0.15, -0.1) is 0 Å². The Labute approximate surface area is 292 Å². The first-order valence-corrected chi connectivity index (χ1v) is 18.8. The predicted octanol–water partition coefficient (Wildman–Crippen LogP) is 5.68. The van der Waals surface area contributed by atoms with Crippen molar-refractivity contribution in [1.29, 1.82) is 0 Å². The summed E-state index contributed by atoms with van der Waals surface area (Å²) < 4.78 is 41.8. The van der Waals surface area contributed by atoms with E-state index in [0.29, 0.717) is 50.6 Å². The molecule has 1 N–H and O–H groups in total. The molecule has 5 aliphatic carbocycles. The monoisotopic (exact) mass is 685 g/mol. The molecule has 4 bridgehead atoms. The van der Waals surface area contributed by atoms with E-state index in [2.05, 4.69) is 38.7 Å². The van der Waals surface area contributed by atoms with Crippen molar-refractivity contribution < 1.29 is 43.1 Å². The number of aliphatic hydroxyl groups is 1. The van der Waals surface area contributed by atoms with E-state index in [1.165, 1.54) is 24.0 Å². The zero-order chi connectivity index (χ0) is 34.9. The lowest BCUT2D eigenvalue weighted by atomic mass is 9.30. The summed E-state index contributed by atoms with van der Waals surface area (Å²) in [6.07, 6.45) is 6.44. The minimum Gasteiger partial charge on any atom is -0.479 e. The number of ether oxygens (including phenoxy) is 7. The molecule has 2 aliphatic heterocycles. The Morgan fingerprint density at radius 2 is 1.69 bits per heavy atom. The first kappa shape index (κ1) is 35.5. The van der Waals surface area contributed by atoms with Crippen LogP contribution in [0, 0.1) is 22.7 Å². The second-order valence-corrected chi connectivity index (χ2v) is 16.9. The highest BCUT2D eigenvalue weighted by molar-refractivity contribution is 5.70. The minimum atomic E-state index is -1.02. The van der Waals surface area contributed by atoms with Crippen LogP contribution in [0.1, 0.15) is 91.2 Å². The van der Waals surface area contributed by atoms with Gasteiger partial charge in [0.05, 0.1) is 44.1 Å². The molecule has 8 rings (SSSR count). The van der Waals surface area contributed by atoms with Crippen molar-refractivity contribution >= 4 is 6.16 Å². The predicted molar refractivity (Wildman–Crippen MR) is 183 cm³/mol. The van der Waals surface area contributed by atoms with Gasteiger partial charge in [-0.2, -0.15) is 0 Å².